The zero-order valence-corrected chi connectivity index (χ0v) is 37.3. The number of carbonyl (C=O) groups is 4. The highest BCUT2D eigenvalue weighted by atomic mass is 16.6. The fourth-order valence-electron chi connectivity index (χ4n) is 13.9. The standard InChI is InChI=1S/C48H60N4O11/c1-8-45-16-11-19-52-21-18-46(39(45)52)32-22-33(36(59-4)23-35(32)50(3)40(46)48(58,43(56)62-7)41(45)63-28(2)53)47(42(55)61-6)25-29-24-44(57,17-14-37(54)60-5)27-51(26-29)20-15-31-30-12-9-10-13-34(30)49-38(31)47/h9-13,16,22-23,29,39-41,49,57-58H,8,14-15,17-21,24-27H2,1-7H3/t29-,39-,40+,41+,44-,45+,46+,47-,48-/m0/s1. The maximum atomic E-state index is 15.4. The van der Waals surface area contributed by atoms with Crippen LogP contribution in [0.25, 0.3) is 10.9 Å². The molecule has 9 rings (SSSR count). The molecule has 2 aromatic carbocycles. The molecule has 3 aromatic rings. The predicted molar refractivity (Wildman–Crippen MR) is 231 cm³/mol. The minimum atomic E-state index is -2.34. The second-order valence-electron chi connectivity index (χ2n) is 18.9. The first-order valence-corrected chi connectivity index (χ1v) is 22.2. The van der Waals surface area contributed by atoms with Crippen molar-refractivity contribution < 1.29 is 53.1 Å². The quantitative estimate of drug-likeness (QED) is 0.162. The van der Waals surface area contributed by atoms with E-state index in [0.29, 0.717) is 81.1 Å². The number of para-hydroxylation sites is 1. The molecule has 3 N–H and O–H groups in total. The van der Waals surface area contributed by atoms with Gasteiger partial charge < -0.3 is 43.8 Å². The van der Waals surface area contributed by atoms with E-state index in [9.17, 15) is 24.6 Å². The van der Waals surface area contributed by atoms with Crippen LogP contribution in [0.5, 0.6) is 5.75 Å². The maximum absolute atomic E-state index is 15.4. The molecular formula is C48H60N4O11. The van der Waals surface area contributed by atoms with Crippen LogP contribution >= 0.6 is 0 Å². The molecule has 2 bridgehead atoms. The molecule has 2 saturated heterocycles. The van der Waals surface area contributed by atoms with Crippen LogP contribution in [-0.4, -0.2) is 146 Å². The smallest absolute Gasteiger partial charge is 0.344 e. The molecule has 338 valence electrons. The number of H-pyrrole nitrogens is 1. The van der Waals surface area contributed by atoms with Gasteiger partial charge in [0.15, 0.2) is 6.10 Å². The summed E-state index contributed by atoms with van der Waals surface area (Å²) in [4.78, 5) is 65.6. The Morgan fingerprint density at radius 1 is 0.937 bits per heavy atom. The number of esters is 4. The van der Waals surface area contributed by atoms with Gasteiger partial charge in [0.1, 0.15) is 11.2 Å². The zero-order chi connectivity index (χ0) is 44.9. The van der Waals surface area contributed by atoms with E-state index in [1.807, 2.05) is 55.3 Å². The Morgan fingerprint density at radius 2 is 1.70 bits per heavy atom. The van der Waals surface area contributed by atoms with Crippen LogP contribution in [0.4, 0.5) is 5.69 Å². The van der Waals surface area contributed by atoms with Gasteiger partial charge in [0.25, 0.3) is 0 Å². The Bertz CT molecular complexity index is 2400. The van der Waals surface area contributed by atoms with Crippen LogP contribution < -0.4 is 9.64 Å². The first-order chi connectivity index (χ1) is 30.1. The number of aromatic amines is 1. The van der Waals surface area contributed by atoms with Crippen LogP contribution in [-0.2, 0) is 55.4 Å². The van der Waals surface area contributed by atoms with Gasteiger partial charge in [-0.3, -0.25) is 24.2 Å². The summed E-state index contributed by atoms with van der Waals surface area (Å²) in [7, 11) is 7.38. The normalized spacial score (nSPS) is 35.3. The summed E-state index contributed by atoms with van der Waals surface area (Å²) >= 11 is 0. The second-order valence-corrected chi connectivity index (χ2v) is 18.9. The van der Waals surface area contributed by atoms with Gasteiger partial charge in [0.2, 0.25) is 5.60 Å². The van der Waals surface area contributed by atoms with Crippen molar-refractivity contribution in [2.75, 3.05) is 73.1 Å². The molecule has 15 nitrogen and oxygen atoms in total. The van der Waals surface area contributed by atoms with E-state index >= 15 is 4.79 Å². The molecule has 0 radical (unpaired) electrons. The lowest BCUT2D eigenvalue weighted by Gasteiger charge is -2.63. The number of anilines is 1. The monoisotopic (exact) mass is 868 g/mol. The molecule has 1 saturated carbocycles. The molecule has 5 aliphatic heterocycles. The number of hydrogen-bond acceptors (Lipinski definition) is 14. The molecule has 1 spiro atoms. The fraction of sp³-hybridized carbons (Fsp3) is 0.583. The minimum absolute atomic E-state index is 0.0532. The molecule has 10 atom stereocenters. The molecule has 3 fully saturated rings. The molecule has 6 heterocycles. The number of fused-ring (bicyclic) bond motifs is 6. The lowest BCUT2D eigenvalue weighted by molar-refractivity contribution is -0.228. The van der Waals surface area contributed by atoms with Crippen LogP contribution in [0.1, 0.15) is 74.8 Å². The Kier molecular flexibility index (Phi) is 10.5. The average molecular weight is 869 g/mol. The summed E-state index contributed by atoms with van der Waals surface area (Å²) in [6, 6.07) is 10.7. The first-order valence-electron chi connectivity index (χ1n) is 22.2. The number of aromatic nitrogens is 1. The summed E-state index contributed by atoms with van der Waals surface area (Å²) < 4.78 is 28.9. The number of ether oxygens (including phenoxy) is 5. The van der Waals surface area contributed by atoms with Crippen LogP contribution in [0.2, 0.25) is 0 Å². The molecule has 1 aliphatic carbocycles. The van der Waals surface area contributed by atoms with Crippen molar-refractivity contribution in [1.29, 1.82) is 0 Å². The Morgan fingerprint density at radius 3 is 2.40 bits per heavy atom. The predicted octanol–water partition coefficient (Wildman–Crippen LogP) is 3.53. The highest BCUT2D eigenvalue weighted by Gasteiger charge is 2.80. The lowest BCUT2D eigenvalue weighted by Crippen LogP contribution is -2.81. The van der Waals surface area contributed by atoms with Gasteiger partial charge in [-0.2, -0.15) is 0 Å². The third-order valence-electron chi connectivity index (χ3n) is 16.0. The van der Waals surface area contributed by atoms with Gasteiger partial charge in [-0.1, -0.05) is 37.3 Å². The van der Waals surface area contributed by atoms with Gasteiger partial charge >= 0.3 is 23.9 Å². The van der Waals surface area contributed by atoms with Gasteiger partial charge in [-0.15, -0.1) is 0 Å². The summed E-state index contributed by atoms with van der Waals surface area (Å²) in [5, 5.41) is 26.6. The summed E-state index contributed by atoms with van der Waals surface area (Å²) in [6.45, 7) is 6.09. The van der Waals surface area contributed by atoms with E-state index in [0.717, 1.165) is 22.0 Å². The third kappa shape index (κ3) is 5.98. The van der Waals surface area contributed by atoms with Gasteiger partial charge in [0.05, 0.1) is 40.1 Å². The van der Waals surface area contributed by atoms with E-state index in [4.69, 9.17) is 23.7 Å². The Balaban J connectivity index is 1.33. The number of methoxy groups -OCH3 is 4. The van der Waals surface area contributed by atoms with Gasteiger partial charge in [-0.05, 0) is 74.2 Å². The fourth-order valence-corrected chi connectivity index (χ4v) is 13.9. The van der Waals surface area contributed by atoms with Crippen molar-refractivity contribution in [1.82, 2.24) is 14.8 Å². The topological polar surface area (TPSA) is 180 Å². The van der Waals surface area contributed by atoms with Crippen LogP contribution in [0.15, 0.2) is 48.6 Å². The zero-order valence-electron chi connectivity index (χ0n) is 37.3. The van der Waals surface area contributed by atoms with Crippen molar-refractivity contribution in [2.24, 2.45) is 11.3 Å². The van der Waals surface area contributed by atoms with Crippen molar-refractivity contribution in [2.45, 2.75) is 99.0 Å². The summed E-state index contributed by atoms with van der Waals surface area (Å²) in [5.41, 5.74) is -2.50. The van der Waals surface area contributed by atoms with E-state index < -0.39 is 63.5 Å². The number of rotatable bonds is 9. The van der Waals surface area contributed by atoms with E-state index in [1.54, 1.807) is 7.11 Å². The number of nitrogens with zero attached hydrogens (tertiary/aromatic N) is 3. The molecule has 63 heavy (non-hydrogen) atoms. The number of aliphatic hydroxyl groups is 2. The highest BCUT2D eigenvalue weighted by Crippen LogP contribution is 2.68. The average Bonchev–Trinajstić information content (AvgIpc) is 3.94. The highest BCUT2D eigenvalue weighted by molar-refractivity contribution is 5.95. The van der Waals surface area contributed by atoms with Crippen molar-refractivity contribution in [3.63, 3.8) is 0 Å². The molecule has 6 aliphatic rings. The van der Waals surface area contributed by atoms with Crippen molar-refractivity contribution in [3.05, 3.63) is 70.9 Å². The maximum Gasteiger partial charge on any atom is 0.344 e. The van der Waals surface area contributed by atoms with E-state index in [2.05, 4.69) is 26.9 Å². The van der Waals surface area contributed by atoms with Crippen LogP contribution in [0.3, 0.4) is 0 Å². The van der Waals surface area contributed by atoms with E-state index in [1.165, 1.54) is 28.3 Å². The largest absolute Gasteiger partial charge is 0.496 e. The second kappa shape index (κ2) is 15.3. The number of carbonyl (C=O) groups excluding carboxylic acids is 4. The van der Waals surface area contributed by atoms with Crippen LogP contribution in [0, 0.1) is 11.3 Å². The molecular weight excluding hydrogens is 809 g/mol. The molecule has 0 amide bonds. The number of nitrogens with one attached hydrogen (secondary N) is 1. The molecule has 1 aromatic heterocycles. The number of likely N-dealkylation sites (N-methyl/N-ethyl adjacent to an activating group) is 1. The number of hydrogen-bond donors (Lipinski definition) is 3. The SMILES string of the molecule is CC[C@]12C=CCN3CC[C@@]4(c5cc([C@@]6(C(=O)OC)C[C@H]7CN(CCc8c6[nH]c6ccccc86)C[C@](O)(CCC(=O)OC)C7)c(OC)cc5N(C)[C@H]4[C@@](O)(C(=O)OC)[C@@H]1OC(C)=O)[C@@H]32. The number of benzene rings is 2. The third-order valence-corrected chi connectivity index (χ3v) is 16.0. The Labute approximate surface area is 367 Å². The van der Waals surface area contributed by atoms with Crippen molar-refractivity contribution >= 4 is 40.5 Å². The summed E-state index contributed by atoms with van der Waals surface area (Å²) in [6.07, 6.45) is 5.08. The summed E-state index contributed by atoms with van der Waals surface area (Å²) in [5.74, 6) is -2.29. The first kappa shape index (κ1) is 43.3. The minimum Gasteiger partial charge on any atom is -0.496 e. The van der Waals surface area contributed by atoms with Gasteiger partial charge in [0, 0.05) is 97.4 Å². The molecule has 1 unspecified atom stereocenters. The van der Waals surface area contributed by atoms with Gasteiger partial charge in [-0.25, -0.2) is 4.79 Å². The lowest BCUT2D eigenvalue weighted by atomic mass is 9.47. The Hall–Kier alpha value is -4.96. The van der Waals surface area contributed by atoms with E-state index in [-0.39, 0.29) is 31.2 Å². The van der Waals surface area contributed by atoms with Crippen molar-refractivity contribution in [3.8, 4) is 5.75 Å². The number of piperidine rings is 1. The molecule has 15 heteroatoms.